The van der Waals surface area contributed by atoms with Crippen LogP contribution in [0.2, 0.25) is 0 Å². The first kappa shape index (κ1) is 16.0. The van der Waals surface area contributed by atoms with Crippen LogP contribution in [-0.4, -0.2) is 57.2 Å². The van der Waals surface area contributed by atoms with Crippen molar-refractivity contribution in [3.8, 4) is 11.1 Å². The van der Waals surface area contributed by atoms with Crippen LogP contribution in [-0.2, 0) is 4.79 Å². The van der Waals surface area contributed by atoms with Gasteiger partial charge in [0.25, 0.3) is 0 Å². The maximum atomic E-state index is 12.5. The van der Waals surface area contributed by atoms with E-state index in [1.807, 2.05) is 15.6 Å². The molecule has 1 aliphatic carbocycles. The number of rotatable bonds is 3. The Morgan fingerprint density at radius 3 is 2.85 bits per heavy atom. The Balaban J connectivity index is 1.46. The summed E-state index contributed by atoms with van der Waals surface area (Å²) in [7, 11) is 2.11. The van der Waals surface area contributed by atoms with Crippen molar-refractivity contribution >= 4 is 22.8 Å². The molecule has 1 amide bonds. The van der Waals surface area contributed by atoms with E-state index in [0.29, 0.717) is 12.5 Å². The summed E-state index contributed by atoms with van der Waals surface area (Å²) in [6, 6.07) is 6.42. The lowest BCUT2D eigenvalue weighted by atomic mass is 10.1. The molecule has 0 spiro atoms. The summed E-state index contributed by atoms with van der Waals surface area (Å²) >= 11 is 1.69. The molecule has 0 radical (unpaired) electrons. The van der Waals surface area contributed by atoms with E-state index in [9.17, 15) is 4.79 Å². The van der Waals surface area contributed by atoms with E-state index >= 15 is 0 Å². The average Bonchev–Trinajstić information content (AvgIpc) is 3.20. The number of nitrogens with zero attached hydrogens (tertiary/aromatic N) is 5. The first-order valence-corrected chi connectivity index (χ1v) is 10.0. The molecule has 2 fully saturated rings. The fraction of sp³-hybridized carbons (Fsp3) is 0.421. The number of carbonyl (C=O) groups excluding carboxylic acids is 1. The van der Waals surface area contributed by atoms with Gasteiger partial charge in [-0.05, 0) is 48.3 Å². The Labute approximate surface area is 156 Å². The number of hydrogen-bond acceptors (Lipinski definition) is 5. The van der Waals surface area contributed by atoms with Crippen LogP contribution in [0.5, 0.6) is 0 Å². The average molecular weight is 367 g/mol. The minimum atomic E-state index is 0.0935. The number of carbonyl (C=O) groups is 1. The fourth-order valence-corrected chi connectivity index (χ4v) is 4.37. The zero-order valence-electron chi connectivity index (χ0n) is 14.7. The van der Waals surface area contributed by atoms with Crippen LogP contribution in [0.4, 0.5) is 0 Å². The summed E-state index contributed by atoms with van der Waals surface area (Å²) in [5, 5.41) is 13.1. The van der Waals surface area contributed by atoms with Crippen LogP contribution < -0.4 is 0 Å². The van der Waals surface area contributed by atoms with Crippen LogP contribution >= 0.6 is 11.3 Å². The van der Waals surface area contributed by atoms with E-state index in [-0.39, 0.29) is 12.0 Å². The van der Waals surface area contributed by atoms with Gasteiger partial charge in [-0.2, -0.15) is 11.3 Å². The summed E-state index contributed by atoms with van der Waals surface area (Å²) in [6.45, 7) is 2.38. The van der Waals surface area contributed by atoms with E-state index in [0.717, 1.165) is 42.7 Å². The van der Waals surface area contributed by atoms with E-state index in [1.54, 1.807) is 11.3 Å². The van der Waals surface area contributed by atoms with Gasteiger partial charge in [-0.3, -0.25) is 9.69 Å². The lowest BCUT2D eigenvalue weighted by Gasteiger charge is -2.38. The van der Waals surface area contributed by atoms with Gasteiger partial charge in [0.05, 0.1) is 11.6 Å². The number of hydrogen-bond donors (Lipinski definition) is 0. The highest BCUT2D eigenvalue weighted by molar-refractivity contribution is 7.08. The monoisotopic (exact) mass is 367 g/mol. The molecule has 1 atom stereocenters. The quantitative estimate of drug-likeness (QED) is 0.714. The normalized spacial score (nSPS) is 21.4. The molecule has 3 aromatic rings. The van der Waals surface area contributed by atoms with E-state index < -0.39 is 0 Å². The summed E-state index contributed by atoms with van der Waals surface area (Å²) in [6.07, 6.45) is 4.14. The lowest BCUT2D eigenvalue weighted by molar-refractivity contribution is -0.135. The van der Waals surface area contributed by atoms with Crippen molar-refractivity contribution in [1.29, 1.82) is 0 Å². The first-order chi connectivity index (χ1) is 12.7. The number of amides is 1. The van der Waals surface area contributed by atoms with Crippen molar-refractivity contribution in [3.05, 3.63) is 40.8 Å². The van der Waals surface area contributed by atoms with Gasteiger partial charge in [0.1, 0.15) is 5.69 Å². The van der Waals surface area contributed by atoms with Gasteiger partial charge < -0.3 is 4.90 Å². The second kappa shape index (κ2) is 6.17. The standard InChI is InChI=1S/C19H21N5OS/c1-22-7-8-23(19(25)13-2-3-13)11-17(22)18-16-5-4-14(10-24(16)21-20-18)15-6-9-26-12-15/h4-6,9-10,12-13,17H,2-3,7-8,11H2,1H3/t17-/m1/s1. The number of piperazine rings is 1. The molecule has 6 nitrogen and oxygen atoms in total. The third-order valence-corrected chi connectivity index (χ3v) is 6.18. The molecule has 134 valence electrons. The number of pyridine rings is 1. The third kappa shape index (κ3) is 2.71. The summed E-state index contributed by atoms with van der Waals surface area (Å²) in [5.74, 6) is 0.586. The minimum absolute atomic E-state index is 0.0935. The summed E-state index contributed by atoms with van der Waals surface area (Å²) in [5.41, 5.74) is 4.31. The van der Waals surface area contributed by atoms with E-state index in [2.05, 4.69) is 51.2 Å². The highest BCUT2D eigenvalue weighted by atomic mass is 32.1. The summed E-state index contributed by atoms with van der Waals surface area (Å²) < 4.78 is 1.86. The van der Waals surface area contributed by atoms with E-state index in [1.165, 1.54) is 5.56 Å². The van der Waals surface area contributed by atoms with Gasteiger partial charge in [0.15, 0.2) is 0 Å². The molecule has 0 N–H and O–H groups in total. The molecule has 5 rings (SSSR count). The fourth-order valence-electron chi connectivity index (χ4n) is 3.71. The molecule has 7 heteroatoms. The van der Waals surface area contributed by atoms with Crippen LogP contribution in [0.25, 0.3) is 16.6 Å². The van der Waals surface area contributed by atoms with Gasteiger partial charge in [0.2, 0.25) is 5.91 Å². The molecule has 26 heavy (non-hydrogen) atoms. The van der Waals surface area contributed by atoms with Gasteiger partial charge >= 0.3 is 0 Å². The van der Waals surface area contributed by atoms with Crippen molar-refractivity contribution in [2.45, 2.75) is 18.9 Å². The molecule has 0 unspecified atom stereocenters. The van der Waals surface area contributed by atoms with Crippen molar-refractivity contribution in [2.24, 2.45) is 5.92 Å². The van der Waals surface area contributed by atoms with Gasteiger partial charge in [0, 0.05) is 37.3 Å². The molecule has 1 saturated carbocycles. The molecule has 0 bridgehead atoms. The molecule has 1 saturated heterocycles. The molecule has 4 heterocycles. The predicted molar refractivity (Wildman–Crippen MR) is 101 cm³/mol. The van der Waals surface area contributed by atoms with Crippen molar-refractivity contribution in [1.82, 2.24) is 24.6 Å². The van der Waals surface area contributed by atoms with E-state index in [4.69, 9.17) is 0 Å². The predicted octanol–water partition coefficient (Wildman–Crippen LogP) is 2.68. The van der Waals surface area contributed by atoms with Crippen molar-refractivity contribution < 1.29 is 4.79 Å². The van der Waals surface area contributed by atoms with Gasteiger partial charge in [-0.15, -0.1) is 5.10 Å². The third-order valence-electron chi connectivity index (χ3n) is 5.50. The van der Waals surface area contributed by atoms with Crippen molar-refractivity contribution in [3.63, 3.8) is 0 Å². The van der Waals surface area contributed by atoms with Gasteiger partial charge in [-0.1, -0.05) is 11.3 Å². The maximum Gasteiger partial charge on any atom is 0.225 e. The Kier molecular flexibility index (Phi) is 3.79. The molecule has 3 aromatic heterocycles. The highest BCUT2D eigenvalue weighted by Gasteiger charge is 2.37. The Morgan fingerprint density at radius 2 is 2.08 bits per heavy atom. The van der Waals surface area contributed by atoms with Crippen LogP contribution in [0.3, 0.4) is 0 Å². The smallest absolute Gasteiger partial charge is 0.225 e. The molecular weight excluding hydrogens is 346 g/mol. The topological polar surface area (TPSA) is 53.7 Å². The van der Waals surface area contributed by atoms with Crippen LogP contribution in [0, 0.1) is 5.92 Å². The lowest BCUT2D eigenvalue weighted by Crippen LogP contribution is -2.49. The summed E-state index contributed by atoms with van der Waals surface area (Å²) in [4.78, 5) is 16.8. The SMILES string of the molecule is CN1CCN(C(=O)C2CC2)C[C@@H]1c1nnn2cc(-c3ccsc3)ccc12. The number of thiophene rings is 1. The number of fused-ring (bicyclic) bond motifs is 1. The van der Waals surface area contributed by atoms with Gasteiger partial charge in [-0.25, -0.2) is 4.52 Å². The van der Waals surface area contributed by atoms with Crippen LogP contribution in [0.1, 0.15) is 24.6 Å². The first-order valence-electron chi connectivity index (χ1n) is 9.07. The second-order valence-corrected chi connectivity index (χ2v) is 8.07. The van der Waals surface area contributed by atoms with Crippen LogP contribution in [0.15, 0.2) is 35.2 Å². The molecule has 1 aliphatic heterocycles. The molecular formula is C19H21N5OS. The maximum absolute atomic E-state index is 12.5. The minimum Gasteiger partial charge on any atom is -0.339 e. The Hall–Kier alpha value is -2.25. The Bertz CT molecular complexity index is 946. The number of aromatic nitrogens is 3. The molecule has 2 aliphatic rings. The highest BCUT2D eigenvalue weighted by Crippen LogP contribution is 2.34. The zero-order chi connectivity index (χ0) is 17.7. The largest absolute Gasteiger partial charge is 0.339 e. The number of likely N-dealkylation sites (N-methyl/N-ethyl adjacent to an activating group) is 1. The van der Waals surface area contributed by atoms with Crippen molar-refractivity contribution in [2.75, 3.05) is 26.7 Å². The second-order valence-electron chi connectivity index (χ2n) is 7.29. The molecule has 0 aromatic carbocycles. The Morgan fingerprint density at radius 1 is 1.19 bits per heavy atom. The zero-order valence-corrected chi connectivity index (χ0v) is 15.5.